The predicted molar refractivity (Wildman–Crippen MR) is 61.7 cm³/mol. The summed E-state index contributed by atoms with van der Waals surface area (Å²) in [6, 6.07) is 10.6. The molecule has 2 nitrogen and oxygen atoms in total. The van der Waals surface area contributed by atoms with Gasteiger partial charge in [-0.3, -0.25) is 0 Å². The van der Waals surface area contributed by atoms with Crippen LogP contribution in [-0.2, 0) is 11.2 Å². The Kier molecular flexibility index (Phi) is 3.39. The first-order valence-electron chi connectivity index (χ1n) is 5.66. The molecule has 0 saturated carbocycles. The van der Waals surface area contributed by atoms with Crippen LogP contribution in [0.5, 0.6) is 0 Å². The highest BCUT2D eigenvalue weighted by atomic mass is 16.5. The average Bonchev–Trinajstić information content (AvgIpc) is 2.32. The van der Waals surface area contributed by atoms with Gasteiger partial charge in [-0.15, -0.1) is 0 Å². The zero-order valence-corrected chi connectivity index (χ0v) is 9.11. The van der Waals surface area contributed by atoms with Gasteiger partial charge in [0.2, 0.25) is 0 Å². The topological polar surface area (TPSA) is 35.2 Å². The van der Waals surface area contributed by atoms with Crippen molar-refractivity contribution >= 4 is 0 Å². The summed E-state index contributed by atoms with van der Waals surface area (Å²) in [7, 11) is 0. The predicted octanol–water partition coefficient (Wildman–Crippen LogP) is 1.98. The van der Waals surface area contributed by atoms with Crippen molar-refractivity contribution in [3.05, 3.63) is 35.9 Å². The van der Waals surface area contributed by atoms with Crippen molar-refractivity contribution in [3.63, 3.8) is 0 Å². The summed E-state index contributed by atoms with van der Waals surface area (Å²) in [5, 5.41) is 0. The van der Waals surface area contributed by atoms with Gasteiger partial charge in [-0.1, -0.05) is 30.3 Å². The van der Waals surface area contributed by atoms with E-state index in [4.69, 9.17) is 10.5 Å². The summed E-state index contributed by atoms with van der Waals surface area (Å²) in [6.45, 7) is 2.44. The molecular weight excluding hydrogens is 186 g/mol. The SMILES string of the molecule is NCC1(Cc2ccccc2)CCCOC1. The summed E-state index contributed by atoms with van der Waals surface area (Å²) in [5.74, 6) is 0. The largest absolute Gasteiger partial charge is 0.381 e. The molecule has 1 aromatic carbocycles. The van der Waals surface area contributed by atoms with Crippen LogP contribution in [0.3, 0.4) is 0 Å². The molecular formula is C13H19NO. The van der Waals surface area contributed by atoms with E-state index in [1.54, 1.807) is 0 Å². The van der Waals surface area contributed by atoms with Crippen LogP contribution in [0.1, 0.15) is 18.4 Å². The fourth-order valence-corrected chi connectivity index (χ4v) is 2.31. The van der Waals surface area contributed by atoms with Gasteiger partial charge in [-0.2, -0.15) is 0 Å². The van der Waals surface area contributed by atoms with Crippen LogP contribution in [0.2, 0.25) is 0 Å². The fraction of sp³-hybridized carbons (Fsp3) is 0.538. The molecule has 82 valence electrons. The van der Waals surface area contributed by atoms with Crippen LogP contribution in [0, 0.1) is 5.41 Å². The third-order valence-corrected chi connectivity index (χ3v) is 3.26. The molecule has 1 atom stereocenters. The van der Waals surface area contributed by atoms with Gasteiger partial charge in [-0.25, -0.2) is 0 Å². The summed E-state index contributed by atoms with van der Waals surface area (Å²) in [6.07, 6.45) is 3.38. The molecule has 15 heavy (non-hydrogen) atoms. The molecule has 1 aliphatic rings. The van der Waals surface area contributed by atoms with Gasteiger partial charge in [-0.05, 0) is 24.8 Å². The molecule has 0 amide bonds. The normalized spacial score (nSPS) is 26.5. The van der Waals surface area contributed by atoms with Crippen LogP contribution >= 0.6 is 0 Å². The molecule has 1 aromatic rings. The van der Waals surface area contributed by atoms with E-state index in [0.717, 1.165) is 32.6 Å². The van der Waals surface area contributed by atoms with E-state index in [-0.39, 0.29) is 5.41 Å². The average molecular weight is 205 g/mol. The second kappa shape index (κ2) is 4.77. The lowest BCUT2D eigenvalue weighted by Crippen LogP contribution is -2.40. The fourth-order valence-electron chi connectivity index (χ4n) is 2.31. The molecule has 0 radical (unpaired) electrons. The first kappa shape index (κ1) is 10.7. The van der Waals surface area contributed by atoms with Gasteiger partial charge < -0.3 is 10.5 Å². The maximum atomic E-state index is 5.91. The van der Waals surface area contributed by atoms with E-state index in [1.807, 2.05) is 0 Å². The second-order valence-electron chi connectivity index (χ2n) is 4.52. The highest BCUT2D eigenvalue weighted by molar-refractivity contribution is 5.17. The van der Waals surface area contributed by atoms with Gasteiger partial charge >= 0.3 is 0 Å². The number of benzene rings is 1. The van der Waals surface area contributed by atoms with Crippen LogP contribution in [0.4, 0.5) is 0 Å². The van der Waals surface area contributed by atoms with Crippen molar-refractivity contribution in [2.24, 2.45) is 11.1 Å². The van der Waals surface area contributed by atoms with Gasteiger partial charge in [0.15, 0.2) is 0 Å². The van der Waals surface area contributed by atoms with Gasteiger partial charge in [0, 0.05) is 18.6 Å². The first-order chi connectivity index (χ1) is 7.35. The van der Waals surface area contributed by atoms with E-state index >= 15 is 0 Å². The Morgan fingerprint density at radius 2 is 2.07 bits per heavy atom. The Morgan fingerprint density at radius 3 is 2.67 bits per heavy atom. The van der Waals surface area contributed by atoms with E-state index in [0.29, 0.717) is 0 Å². The van der Waals surface area contributed by atoms with Gasteiger partial charge in [0.1, 0.15) is 0 Å². The molecule has 1 aliphatic heterocycles. The molecule has 1 saturated heterocycles. The summed E-state index contributed by atoms with van der Waals surface area (Å²) in [4.78, 5) is 0. The number of ether oxygens (including phenoxy) is 1. The monoisotopic (exact) mass is 205 g/mol. The minimum absolute atomic E-state index is 0.180. The van der Waals surface area contributed by atoms with E-state index in [9.17, 15) is 0 Å². The van der Waals surface area contributed by atoms with Crippen LogP contribution in [0.25, 0.3) is 0 Å². The molecule has 0 spiro atoms. The Labute approximate surface area is 91.4 Å². The van der Waals surface area contributed by atoms with E-state index in [1.165, 1.54) is 12.0 Å². The molecule has 1 unspecified atom stereocenters. The lowest BCUT2D eigenvalue weighted by molar-refractivity contribution is -0.00263. The number of rotatable bonds is 3. The van der Waals surface area contributed by atoms with Crippen molar-refractivity contribution in [2.45, 2.75) is 19.3 Å². The van der Waals surface area contributed by atoms with Crippen molar-refractivity contribution in [2.75, 3.05) is 19.8 Å². The molecule has 2 rings (SSSR count). The molecule has 0 bridgehead atoms. The van der Waals surface area contributed by atoms with Crippen LogP contribution < -0.4 is 5.73 Å². The quantitative estimate of drug-likeness (QED) is 0.819. The van der Waals surface area contributed by atoms with Crippen LogP contribution in [-0.4, -0.2) is 19.8 Å². The Hall–Kier alpha value is -0.860. The zero-order valence-electron chi connectivity index (χ0n) is 9.11. The molecule has 0 aromatic heterocycles. The number of hydrogen-bond acceptors (Lipinski definition) is 2. The lowest BCUT2D eigenvalue weighted by Gasteiger charge is -2.36. The number of hydrogen-bond donors (Lipinski definition) is 1. The molecule has 1 heterocycles. The van der Waals surface area contributed by atoms with Gasteiger partial charge in [0.25, 0.3) is 0 Å². The standard InChI is InChI=1S/C13H19NO/c14-10-13(7-4-8-15-11-13)9-12-5-2-1-3-6-12/h1-3,5-6H,4,7-11,14H2. The zero-order chi connectivity index (χ0) is 10.6. The minimum atomic E-state index is 0.180. The molecule has 0 aliphatic carbocycles. The van der Waals surface area contributed by atoms with E-state index in [2.05, 4.69) is 30.3 Å². The van der Waals surface area contributed by atoms with Crippen molar-refractivity contribution < 1.29 is 4.74 Å². The minimum Gasteiger partial charge on any atom is -0.381 e. The highest BCUT2D eigenvalue weighted by Gasteiger charge is 2.31. The lowest BCUT2D eigenvalue weighted by atomic mass is 9.77. The Morgan fingerprint density at radius 1 is 1.27 bits per heavy atom. The van der Waals surface area contributed by atoms with Crippen molar-refractivity contribution in [1.29, 1.82) is 0 Å². The summed E-state index contributed by atoms with van der Waals surface area (Å²) >= 11 is 0. The van der Waals surface area contributed by atoms with Crippen molar-refractivity contribution in [1.82, 2.24) is 0 Å². The second-order valence-corrected chi connectivity index (χ2v) is 4.52. The third kappa shape index (κ3) is 2.58. The maximum absolute atomic E-state index is 5.91. The molecule has 1 fully saturated rings. The highest BCUT2D eigenvalue weighted by Crippen LogP contribution is 2.31. The van der Waals surface area contributed by atoms with Gasteiger partial charge in [0.05, 0.1) is 6.61 Å². The third-order valence-electron chi connectivity index (χ3n) is 3.26. The Bertz CT molecular complexity index is 291. The maximum Gasteiger partial charge on any atom is 0.0537 e. The number of nitrogens with two attached hydrogens (primary N) is 1. The smallest absolute Gasteiger partial charge is 0.0537 e. The molecule has 2 N–H and O–H groups in total. The van der Waals surface area contributed by atoms with Crippen molar-refractivity contribution in [3.8, 4) is 0 Å². The molecule has 2 heteroatoms. The Balaban J connectivity index is 2.07. The summed E-state index contributed by atoms with van der Waals surface area (Å²) in [5.41, 5.74) is 7.46. The van der Waals surface area contributed by atoms with E-state index < -0.39 is 0 Å². The summed E-state index contributed by atoms with van der Waals surface area (Å²) < 4.78 is 5.57. The first-order valence-corrected chi connectivity index (χ1v) is 5.66. The van der Waals surface area contributed by atoms with Crippen LogP contribution in [0.15, 0.2) is 30.3 Å².